The number of carbonyl (C=O) groups is 1. The van der Waals surface area contributed by atoms with E-state index in [2.05, 4.69) is 17.9 Å². The zero-order valence-electron chi connectivity index (χ0n) is 6.48. The fraction of sp³-hybridized carbons (Fsp3) is 0.833. The molecular weight excluding hydrogens is 166 g/mol. The molecule has 0 aromatic rings. The minimum absolute atomic E-state index is 0.245. The molecule has 5 heteroatoms. The Morgan fingerprint density at radius 3 is 2.09 bits per heavy atom. The van der Waals surface area contributed by atoms with E-state index in [0.29, 0.717) is 0 Å². The summed E-state index contributed by atoms with van der Waals surface area (Å²) in [5.41, 5.74) is 0. The number of thiol groups is 1. The summed E-state index contributed by atoms with van der Waals surface area (Å²) in [6.45, 7) is 3.11. The van der Waals surface area contributed by atoms with Crippen LogP contribution in [0.1, 0.15) is 13.8 Å². The molecule has 0 heterocycles. The lowest BCUT2D eigenvalue weighted by atomic mass is 10.2. The number of aliphatic hydroxyl groups is 1. The Morgan fingerprint density at radius 1 is 1.55 bits per heavy atom. The Hall–Kier alpha value is -0.260. The van der Waals surface area contributed by atoms with Crippen LogP contribution in [0.4, 0.5) is 0 Å². The van der Waals surface area contributed by atoms with Crippen LogP contribution in [0.15, 0.2) is 0 Å². The highest BCUT2D eigenvalue weighted by atomic mass is 32.1. The number of carboxylic acids is 1. The van der Waals surface area contributed by atoms with Crippen LogP contribution in [0.5, 0.6) is 0 Å². The molecule has 3 N–H and O–H groups in total. The fourth-order valence-electron chi connectivity index (χ4n) is 0.677. The normalized spacial score (nSPS) is 18.9. The Kier molecular flexibility index (Phi) is 4.48. The molecule has 0 aromatic heterocycles. The molecule has 0 spiro atoms. The van der Waals surface area contributed by atoms with Crippen molar-refractivity contribution < 1.29 is 15.0 Å². The van der Waals surface area contributed by atoms with Crippen molar-refractivity contribution in [3.8, 4) is 0 Å². The number of carboxylic acid groups (broad SMARTS) is 1. The molecule has 0 aliphatic heterocycles. The van der Waals surface area contributed by atoms with Crippen LogP contribution >= 0.6 is 12.6 Å². The average Bonchev–Trinajstić information content (AvgIpc) is 1.81. The van der Waals surface area contributed by atoms with Crippen LogP contribution in [-0.2, 0) is 4.79 Å². The van der Waals surface area contributed by atoms with Crippen molar-refractivity contribution in [2.45, 2.75) is 31.4 Å². The zero-order valence-corrected chi connectivity index (χ0v) is 7.38. The Labute approximate surface area is 71.0 Å². The lowest BCUT2D eigenvalue weighted by Gasteiger charge is -2.18. The van der Waals surface area contributed by atoms with Crippen LogP contribution < -0.4 is 5.32 Å². The van der Waals surface area contributed by atoms with Crippen molar-refractivity contribution in [3.63, 3.8) is 0 Å². The molecule has 1 unspecified atom stereocenters. The van der Waals surface area contributed by atoms with Crippen molar-refractivity contribution in [3.05, 3.63) is 0 Å². The second-order valence-electron chi connectivity index (χ2n) is 2.40. The van der Waals surface area contributed by atoms with Gasteiger partial charge < -0.3 is 10.2 Å². The molecule has 0 aromatic carbocycles. The van der Waals surface area contributed by atoms with Gasteiger partial charge in [0.15, 0.2) is 0 Å². The van der Waals surface area contributed by atoms with E-state index in [0.717, 1.165) is 0 Å². The van der Waals surface area contributed by atoms with E-state index in [4.69, 9.17) is 10.2 Å². The van der Waals surface area contributed by atoms with E-state index in [-0.39, 0.29) is 5.37 Å². The van der Waals surface area contributed by atoms with E-state index in [1.54, 1.807) is 6.92 Å². The van der Waals surface area contributed by atoms with Gasteiger partial charge in [-0.2, -0.15) is 12.6 Å². The van der Waals surface area contributed by atoms with Gasteiger partial charge in [0.2, 0.25) is 0 Å². The fourth-order valence-corrected chi connectivity index (χ4v) is 0.837. The molecule has 11 heavy (non-hydrogen) atoms. The van der Waals surface area contributed by atoms with Gasteiger partial charge in [-0.3, -0.25) is 10.1 Å². The van der Waals surface area contributed by atoms with Gasteiger partial charge in [0, 0.05) is 5.37 Å². The first-order valence-corrected chi connectivity index (χ1v) is 3.81. The molecule has 0 aliphatic carbocycles. The van der Waals surface area contributed by atoms with E-state index in [1.807, 2.05) is 0 Å². The Morgan fingerprint density at radius 2 is 2.00 bits per heavy atom. The predicted molar refractivity (Wildman–Crippen MR) is 44.7 cm³/mol. The second kappa shape index (κ2) is 4.58. The van der Waals surface area contributed by atoms with Crippen molar-refractivity contribution in [1.29, 1.82) is 0 Å². The molecule has 0 saturated carbocycles. The monoisotopic (exact) mass is 179 g/mol. The Balaban J connectivity index is 4.01. The van der Waals surface area contributed by atoms with Gasteiger partial charge in [0.25, 0.3) is 0 Å². The standard InChI is InChI=1S/C6H13NO3S/c1-3(8)5(6(9)10)7-4(2)11/h3-5,7-8,11H,1-2H3,(H,9,10)/t3-,4?,5-/m0/s1. The van der Waals surface area contributed by atoms with Crippen LogP contribution in [0.25, 0.3) is 0 Å². The Bertz CT molecular complexity index is 138. The van der Waals surface area contributed by atoms with Crippen LogP contribution in [0, 0.1) is 0 Å². The van der Waals surface area contributed by atoms with Gasteiger partial charge in [-0.05, 0) is 13.8 Å². The molecule has 0 radical (unpaired) electrons. The van der Waals surface area contributed by atoms with E-state index in [9.17, 15) is 4.79 Å². The number of aliphatic hydroxyl groups excluding tert-OH is 1. The lowest BCUT2D eigenvalue weighted by Crippen LogP contribution is -2.47. The first kappa shape index (κ1) is 10.7. The molecule has 3 atom stereocenters. The topological polar surface area (TPSA) is 69.6 Å². The summed E-state index contributed by atoms with van der Waals surface area (Å²) in [7, 11) is 0. The van der Waals surface area contributed by atoms with Crippen LogP contribution in [0.3, 0.4) is 0 Å². The largest absolute Gasteiger partial charge is 0.480 e. The van der Waals surface area contributed by atoms with Crippen LogP contribution in [0.2, 0.25) is 0 Å². The quantitative estimate of drug-likeness (QED) is 0.353. The number of aliphatic carboxylic acids is 1. The molecule has 0 bridgehead atoms. The maximum atomic E-state index is 10.4. The van der Waals surface area contributed by atoms with Crippen LogP contribution in [-0.4, -0.2) is 33.7 Å². The lowest BCUT2D eigenvalue weighted by molar-refractivity contribution is -0.142. The number of hydrogen-bond acceptors (Lipinski definition) is 4. The maximum Gasteiger partial charge on any atom is 0.323 e. The average molecular weight is 179 g/mol. The van der Waals surface area contributed by atoms with Crippen molar-refractivity contribution in [2.24, 2.45) is 0 Å². The first-order valence-electron chi connectivity index (χ1n) is 3.30. The minimum Gasteiger partial charge on any atom is -0.480 e. The molecule has 66 valence electrons. The van der Waals surface area contributed by atoms with Gasteiger partial charge >= 0.3 is 5.97 Å². The summed E-state index contributed by atoms with van der Waals surface area (Å²) in [4.78, 5) is 10.4. The summed E-state index contributed by atoms with van der Waals surface area (Å²) in [5, 5.41) is 19.8. The smallest absolute Gasteiger partial charge is 0.323 e. The van der Waals surface area contributed by atoms with E-state index >= 15 is 0 Å². The van der Waals surface area contributed by atoms with Gasteiger partial charge in [0.1, 0.15) is 6.04 Å². The van der Waals surface area contributed by atoms with Crippen molar-refractivity contribution >= 4 is 18.6 Å². The summed E-state index contributed by atoms with van der Waals surface area (Å²) in [5.74, 6) is -1.07. The summed E-state index contributed by atoms with van der Waals surface area (Å²) in [6.07, 6.45) is -0.915. The highest BCUT2D eigenvalue weighted by Crippen LogP contribution is 1.97. The third kappa shape index (κ3) is 4.23. The zero-order chi connectivity index (χ0) is 9.02. The third-order valence-corrected chi connectivity index (χ3v) is 1.32. The SMILES string of the molecule is CC(S)N[C@H](C(=O)O)[C@H](C)O. The predicted octanol–water partition coefficient (Wildman–Crippen LogP) is -0.314. The number of hydrogen-bond donors (Lipinski definition) is 4. The summed E-state index contributed by atoms with van der Waals surface area (Å²) in [6, 6.07) is -0.942. The van der Waals surface area contributed by atoms with Gasteiger partial charge in [0.05, 0.1) is 6.10 Å². The molecule has 4 nitrogen and oxygen atoms in total. The maximum absolute atomic E-state index is 10.4. The van der Waals surface area contributed by atoms with E-state index in [1.165, 1.54) is 6.92 Å². The summed E-state index contributed by atoms with van der Waals surface area (Å²) >= 11 is 3.94. The highest BCUT2D eigenvalue weighted by molar-refractivity contribution is 7.80. The minimum atomic E-state index is -1.07. The third-order valence-electron chi connectivity index (χ3n) is 1.17. The van der Waals surface area contributed by atoms with Gasteiger partial charge in [-0.1, -0.05) is 0 Å². The second-order valence-corrected chi connectivity index (χ2v) is 3.17. The first-order chi connectivity index (χ1) is 4.95. The van der Waals surface area contributed by atoms with E-state index < -0.39 is 18.1 Å². The van der Waals surface area contributed by atoms with Gasteiger partial charge in [-0.15, -0.1) is 0 Å². The molecule has 0 aliphatic rings. The summed E-state index contributed by atoms with van der Waals surface area (Å²) < 4.78 is 0. The molecule has 0 amide bonds. The molecule has 0 saturated heterocycles. The van der Waals surface area contributed by atoms with Gasteiger partial charge in [-0.25, -0.2) is 0 Å². The number of rotatable bonds is 4. The number of nitrogens with one attached hydrogen (secondary N) is 1. The molecule has 0 fully saturated rings. The van der Waals surface area contributed by atoms with Crippen molar-refractivity contribution in [1.82, 2.24) is 5.32 Å². The molecule has 0 rings (SSSR count). The van der Waals surface area contributed by atoms with Crippen molar-refractivity contribution in [2.75, 3.05) is 0 Å². The molecular formula is C6H13NO3S. The highest BCUT2D eigenvalue weighted by Gasteiger charge is 2.22.